The van der Waals surface area contributed by atoms with Crippen LogP contribution in [0.5, 0.6) is 0 Å². The van der Waals surface area contributed by atoms with Crippen LogP contribution in [0.3, 0.4) is 0 Å². The Bertz CT molecular complexity index is 1290. The molecule has 40 heavy (non-hydrogen) atoms. The lowest BCUT2D eigenvalue weighted by Crippen LogP contribution is -2.71. The minimum atomic E-state index is -1.39. The molecular weight excluding hydrogens is 568 g/mol. The number of aromatic nitrogens is 1. The third-order valence-corrected chi connectivity index (χ3v) is 7.44. The van der Waals surface area contributed by atoms with Gasteiger partial charge in [-0.2, -0.15) is 0 Å². The minimum absolute atomic E-state index is 0.0135. The highest BCUT2D eigenvalue weighted by Crippen LogP contribution is 2.41. The standard InChI is InChI=1S/C23H28N6O9S2/c1-5-11-9-39-21-17(26-19(34)16(27-37-8-15(32)33)13-10-40-23(24)25-13)20(35)28(21)18(11)22(36)38-12(6-14(30)31)7-29(2,3)4/h5,10,12,17,21H,1,6-9H2,2-4H3,(H4-,24,25,26,30,31,32,33,34)/b27-16-/t12?,17-,21-/m1/s1. The van der Waals surface area contributed by atoms with Crippen LogP contribution < -0.4 is 16.2 Å². The molecule has 2 aliphatic heterocycles. The number of nitrogens with zero attached hydrogens (tertiary/aromatic N) is 4. The van der Waals surface area contributed by atoms with Gasteiger partial charge < -0.3 is 40.1 Å². The first-order chi connectivity index (χ1) is 18.7. The number of amides is 2. The number of carboxylic acids is 2. The van der Waals surface area contributed by atoms with Crippen molar-refractivity contribution >= 4 is 63.7 Å². The van der Waals surface area contributed by atoms with Gasteiger partial charge in [-0.05, 0) is 5.57 Å². The number of nitrogen functional groups attached to an aromatic ring is 1. The van der Waals surface area contributed by atoms with Gasteiger partial charge in [0, 0.05) is 23.5 Å². The molecule has 0 aliphatic carbocycles. The molecule has 3 heterocycles. The summed E-state index contributed by atoms with van der Waals surface area (Å²) in [4.78, 5) is 71.4. The summed E-state index contributed by atoms with van der Waals surface area (Å²) in [5, 5.41) is 27.0. The number of thiazole rings is 1. The van der Waals surface area contributed by atoms with E-state index < -0.39 is 66.0 Å². The Morgan fingerprint density at radius 1 is 1.40 bits per heavy atom. The number of fused-ring (bicyclic) bond motifs is 1. The van der Waals surface area contributed by atoms with E-state index in [1.165, 1.54) is 28.1 Å². The van der Waals surface area contributed by atoms with Gasteiger partial charge in [-0.1, -0.05) is 17.8 Å². The molecular formula is C23H28N6O9S2. The quantitative estimate of drug-likeness (QED) is 0.0751. The summed E-state index contributed by atoms with van der Waals surface area (Å²) in [5.41, 5.74) is 5.57. The lowest BCUT2D eigenvalue weighted by molar-refractivity contribution is -0.873. The smallest absolute Gasteiger partial charge is 0.355 e. The maximum Gasteiger partial charge on any atom is 0.355 e. The molecule has 0 radical (unpaired) electrons. The third-order valence-electron chi connectivity index (χ3n) is 5.47. The van der Waals surface area contributed by atoms with E-state index in [4.69, 9.17) is 20.4 Å². The van der Waals surface area contributed by atoms with Gasteiger partial charge in [0.25, 0.3) is 11.8 Å². The predicted octanol–water partition coefficient (Wildman–Crippen LogP) is -1.87. The normalized spacial score (nSPS) is 19.7. The highest BCUT2D eigenvalue weighted by Gasteiger charge is 2.54. The molecule has 17 heteroatoms. The van der Waals surface area contributed by atoms with E-state index >= 15 is 0 Å². The van der Waals surface area contributed by atoms with Crippen LogP contribution in [0.15, 0.2) is 34.5 Å². The number of oxime groups is 1. The number of carbonyl (C=O) groups excluding carboxylic acids is 4. The number of hydrogen-bond donors (Lipinski definition) is 3. The van der Waals surface area contributed by atoms with E-state index in [9.17, 15) is 29.1 Å². The zero-order valence-corrected chi connectivity index (χ0v) is 23.5. The van der Waals surface area contributed by atoms with Crippen molar-refractivity contribution in [3.05, 3.63) is 35.0 Å². The van der Waals surface area contributed by atoms with Gasteiger partial charge >= 0.3 is 11.9 Å². The Balaban J connectivity index is 1.80. The zero-order chi connectivity index (χ0) is 29.8. The van der Waals surface area contributed by atoms with Gasteiger partial charge in [0.1, 0.15) is 29.4 Å². The number of thioether (sulfide) groups is 1. The second kappa shape index (κ2) is 12.5. The molecule has 1 aromatic rings. The fourth-order valence-electron chi connectivity index (χ4n) is 3.90. The Kier molecular flexibility index (Phi) is 9.54. The van der Waals surface area contributed by atoms with Crippen molar-refractivity contribution in [3.8, 4) is 0 Å². The first-order valence-electron chi connectivity index (χ1n) is 11.7. The summed E-state index contributed by atoms with van der Waals surface area (Å²) in [6, 6.07) is -1.09. The number of nitrogens with two attached hydrogens (primary N) is 1. The SMILES string of the molecule is C=CC1=C(C(=O)OC(CC(=O)[O-])C[N+](C)(C)C)N2C(=O)[C@@H](NC(=O)/C(=N\OCC(=O)O)c3csc(N)n3)[C@H]2SC1. The molecule has 1 aromatic heterocycles. The zero-order valence-electron chi connectivity index (χ0n) is 21.8. The van der Waals surface area contributed by atoms with Crippen molar-refractivity contribution in [1.82, 2.24) is 15.2 Å². The van der Waals surface area contributed by atoms with Gasteiger partial charge in [-0.25, -0.2) is 14.6 Å². The highest BCUT2D eigenvalue weighted by atomic mass is 32.2. The number of esters is 1. The molecule has 2 aliphatic rings. The lowest BCUT2D eigenvalue weighted by Gasteiger charge is -2.49. The fraction of sp³-hybridized carbons (Fsp3) is 0.435. The van der Waals surface area contributed by atoms with Crippen LogP contribution in [0.1, 0.15) is 12.1 Å². The number of ether oxygens (including phenoxy) is 1. The summed E-state index contributed by atoms with van der Waals surface area (Å²) in [7, 11) is 5.40. The molecule has 4 N–H and O–H groups in total. The molecule has 1 fully saturated rings. The number of rotatable bonds is 13. The van der Waals surface area contributed by atoms with E-state index in [1.807, 2.05) is 0 Å². The van der Waals surface area contributed by atoms with Gasteiger partial charge in [0.15, 0.2) is 16.9 Å². The average molecular weight is 597 g/mol. The highest BCUT2D eigenvalue weighted by molar-refractivity contribution is 8.00. The second-order valence-electron chi connectivity index (χ2n) is 9.69. The van der Waals surface area contributed by atoms with Crippen LogP contribution in [0.2, 0.25) is 0 Å². The van der Waals surface area contributed by atoms with Gasteiger partial charge in [0.05, 0.1) is 21.1 Å². The Morgan fingerprint density at radius 2 is 2.10 bits per heavy atom. The number of likely N-dealkylation sites (N-methyl/N-ethyl adjacent to an activating group) is 1. The predicted molar refractivity (Wildman–Crippen MR) is 141 cm³/mol. The molecule has 0 aromatic carbocycles. The summed E-state index contributed by atoms with van der Waals surface area (Å²) in [6.07, 6.45) is -0.147. The van der Waals surface area contributed by atoms with Gasteiger partial charge in [0.2, 0.25) is 6.61 Å². The first kappa shape index (κ1) is 30.6. The third kappa shape index (κ3) is 7.36. The van der Waals surface area contributed by atoms with Crippen molar-refractivity contribution in [2.24, 2.45) is 5.16 Å². The van der Waals surface area contributed by atoms with Crippen molar-refractivity contribution < 1.29 is 48.2 Å². The van der Waals surface area contributed by atoms with Crippen LogP contribution in [-0.2, 0) is 33.5 Å². The molecule has 15 nitrogen and oxygen atoms in total. The maximum atomic E-state index is 13.2. The minimum Gasteiger partial charge on any atom is -0.550 e. The summed E-state index contributed by atoms with van der Waals surface area (Å²) >= 11 is 2.27. The van der Waals surface area contributed by atoms with Crippen molar-refractivity contribution in [3.63, 3.8) is 0 Å². The number of β-lactam (4-membered cyclic amide) rings is 1. The summed E-state index contributed by atoms with van der Waals surface area (Å²) in [6.45, 7) is 3.05. The van der Waals surface area contributed by atoms with Gasteiger partial charge in [-0.3, -0.25) is 14.5 Å². The lowest BCUT2D eigenvalue weighted by atomic mass is 10.0. The van der Waals surface area contributed by atoms with Crippen LogP contribution in [0.25, 0.3) is 0 Å². The number of hydrogen-bond acceptors (Lipinski definition) is 13. The number of anilines is 1. The van der Waals surface area contributed by atoms with Crippen LogP contribution in [0, 0.1) is 0 Å². The molecule has 216 valence electrons. The van der Waals surface area contributed by atoms with Crippen molar-refractivity contribution in [1.29, 1.82) is 0 Å². The Morgan fingerprint density at radius 3 is 2.65 bits per heavy atom. The number of quaternary nitrogens is 1. The largest absolute Gasteiger partial charge is 0.550 e. The molecule has 1 saturated heterocycles. The number of carboxylic acid groups (broad SMARTS) is 2. The molecule has 0 spiro atoms. The van der Waals surface area contributed by atoms with Crippen molar-refractivity contribution in [2.75, 3.05) is 45.8 Å². The molecule has 0 bridgehead atoms. The Hall–Kier alpha value is -3.96. The van der Waals surface area contributed by atoms with Crippen molar-refractivity contribution in [2.45, 2.75) is 23.9 Å². The number of carbonyl (C=O) groups is 5. The summed E-state index contributed by atoms with van der Waals surface area (Å²) < 4.78 is 5.82. The van der Waals surface area contributed by atoms with Gasteiger partial charge in [-0.15, -0.1) is 23.1 Å². The molecule has 3 rings (SSSR count). The van der Waals surface area contributed by atoms with E-state index in [-0.39, 0.29) is 28.8 Å². The maximum absolute atomic E-state index is 13.2. The van der Waals surface area contributed by atoms with E-state index in [2.05, 4.69) is 22.0 Å². The topological polar surface area (TPSA) is 214 Å². The monoisotopic (exact) mass is 596 g/mol. The Labute approximate surface area is 236 Å². The molecule has 1 unspecified atom stereocenters. The molecule has 0 saturated carbocycles. The van der Waals surface area contributed by atoms with E-state index in [0.717, 1.165) is 11.3 Å². The number of nitrogens with one attached hydrogen (secondary N) is 1. The number of aliphatic carboxylic acids is 2. The van der Waals surface area contributed by atoms with Crippen LogP contribution in [0.4, 0.5) is 5.13 Å². The molecule has 2 amide bonds. The van der Waals surface area contributed by atoms with Crippen LogP contribution in [-0.4, -0.2) is 112 Å². The average Bonchev–Trinajstić information content (AvgIpc) is 3.27. The summed E-state index contributed by atoms with van der Waals surface area (Å²) in [5.74, 6) is -4.88. The van der Waals surface area contributed by atoms with E-state index in [1.54, 1.807) is 21.1 Å². The second-order valence-corrected chi connectivity index (χ2v) is 11.7. The molecule has 3 atom stereocenters. The van der Waals surface area contributed by atoms with E-state index in [0.29, 0.717) is 10.1 Å². The fourth-order valence-corrected chi connectivity index (χ4v) is 5.79. The number of allylic oxidation sites excluding steroid dienone is 1. The first-order valence-corrected chi connectivity index (χ1v) is 13.6. The van der Waals surface area contributed by atoms with Crippen LogP contribution >= 0.6 is 23.1 Å².